The summed E-state index contributed by atoms with van der Waals surface area (Å²) in [5.41, 5.74) is 2.87. The van der Waals surface area contributed by atoms with Gasteiger partial charge in [0.15, 0.2) is 0 Å². The van der Waals surface area contributed by atoms with Crippen molar-refractivity contribution in [1.82, 2.24) is 9.80 Å². The van der Waals surface area contributed by atoms with Crippen molar-refractivity contribution in [2.45, 2.75) is 24.4 Å². The van der Waals surface area contributed by atoms with E-state index in [4.69, 9.17) is 4.74 Å². The molecule has 0 aliphatic carbocycles. The lowest BCUT2D eigenvalue weighted by Crippen LogP contribution is -2.86. The first-order valence-electron chi connectivity index (χ1n) is 9.84. The number of methoxy groups -OCH3 is 1. The van der Waals surface area contributed by atoms with E-state index in [1.807, 2.05) is 18.2 Å². The molecule has 0 saturated carbocycles. The van der Waals surface area contributed by atoms with Gasteiger partial charge in [0, 0.05) is 33.0 Å². The molecule has 6 nitrogen and oxygen atoms in total. The fourth-order valence-electron chi connectivity index (χ4n) is 4.95. The molecule has 0 radical (unpaired) electrons. The van der Waals surface area contributed by atoms with Gasteiger partial charge >= 0.3 is 0 Å². The SMILES string of the molecule is COCC(=O)N1[C@@H](CO)[C@H](c2ccc(-c3ccccc3)cc2)C12CN(C(C)=O)C2. The molecule has 29 heavy (non-hydrogen) atoms. The molecule has 0 bridgehead atoms. The molecule has 6 heteroatoms. The number of carbonyl (C=O) groups excluding carboxylic acids is 2. The van der Waals surface area contributed by atoms with Crippen LogP contribution in [0.15, 0.2) is 54.6 Å². The first kappa shape index (κ1) is 19.6. The van der Waals surface area contributed by atoms with Gasteiger partial charge < -0.3 is 19.6 Å². The highest BCUT2D eigenvalue weighted by molar-refractivity contribution is 5.83. The largest absolute Gasteiger partial charge is 0.394 e. The van der Waals surface area contributed by atoms with Crippen LogP contribution in [0.4, 0.5) is 0 Å². The molecule has 2 aromatic carbocycles. The van der Waals surface area contributed by atoms with Gasteiger partial charge in [-0.3, -0.25) is 9.59 Å². The maximum absolute atomic E-state index is 12.7. The van der Waals surface area contributed by atoms with Crippen LogP contribution in [0.1, 0.15) is 18.4 Å². The topological polar surface area (TPSA) is 70.1 Å². The van der Waals surface area contributed by atoms with Gasteiger partial charge in [0.25, 0.3) is 0 Å². The zero-order valence-electron chi connectivity index (χ0n) is 16.7. The van der Waals surface area contributed by atoms with E-state index in [0.29, 0.717) is 13.1 Å². The zero-order chi connectivity index (χ0) is 20.6. The summed E-state index contributed by atoms with van der Waals surface area (Å²) in [5.74, 6) is -0.166. The summed E-state index contributed by atoms with van der Waals surface area (Å²) in [6, 6.07) is 18.1. The number of aliphatic hydroxyl groups is 1. The number of hydrogen-bond acceptors (Lipinski definition) is 4. The van der Waals surface area contributed by atoms with Crippen LogP contribution in [-0.2, 0) is 14.3 Å². The van der Waals surface area contributed by atoms with Crippen molar-refractivity contribution in [2.75, 3.05) is 33.4 Å². The molecule has 2 aliphatic rings. The minimum absolute atomic E-state index is 0.000361. The van der Waals surface area contributed by atoms with Gasteiger partial charge in [-0.05, 0) is 16.7 Å². The molecule has 152 valence electrons. The molecule has 1 spiro atoms. The number of hydrogen-bond donors (Lipinski definition) is 1. The standard InChI is InChI=1S/C23H26N2O4/c1-16(27)24-14-23(15-24)22(20(12-26)25(23)21(28)13-29-2)19-10-8-18(9-11-19)17-6-4-3-5-7-17/h3-11,20,22,26H,12-15H2,1-2H3/t20-,22-/m0/s1. The molecule has 4 rings (SSSR count). The lowest BCUT2D eigenvalue weighted by molar-refractivity contribution is -0.204. The maximum atomic E-state index is 12.7. The molecule has 2 amide bonds. The van der Waals surface area contributed by atoms with Gasteiger partial charge in [0.05, 0.1) is 18.2 Å². The third kappa shape index (κ3) is 3.12. The Morgan fingerprint density at radius 3 is 2.24 bits per heavy atom. The maximum Gasteiger partial charge on any atom is 0.249 e. The molecule has 1 N–H and O–H groups in total. The predicted octanol–water partition coefficient (Wildman–Crippen LogP) is 1.89. The summed E-state index contributed by atoms with van der Waals surface area (Å²) in [4.78, 5) is 28.0. The predicted molar refractivity (Wildman–Crippen MR) is 109 cm³/mol. The average molecular weight is 394 g/mol. The molecular weight excluding hydrogens is 368 g/mol. The van der Waals surface area contributed by atoms with E-state index in [1.54, 1.807) is 16.7 Å². The van der Waals surface area contributed by atoms with Crippen LogP contribution < -0.4 is 0 Å². The Bertz CT molecular complexity index is 891. The monoisotopic (exact) mass is 394 g/mol. The number of benzene rings is 2. The molecule has 0 aromatic heterocycles. The summed E-state index contributed by atoms with van der Waals surface area (Å²) < 4.78 is 5.04. The first-order chi connectivity index (χ1) is 14.0. The van der Waals surface area contributed by atoms with Crippen LogP contribution in [0, 0.1) is 0 Å². The summed E-state index contributed by atoms with van der Waals surface area (Å²) in [6.07, 6.45) is 0. The molecule has 2 fully saturated rings. The highest BCUT2D eigenvalue weighted by Crippen LogP contribution is 2.54. The molecule has 2 atom stereocenters. The number of aliphatic hydroxyl groups excluding tert-OH is 1. The number of amides is 2. The quantitative estimate of drug-likeness (QED) is 0.841. The van der Waals surface area contributed by atoms with E-state index < -0.39 is 5.54 Å². The second-order valence-electron chi connectivity index (χ2n) is 7.89. The Morgan fingerprint density at radius 2 is 1.69 bits per heavy atom. The fraction of sp³-hybridized carbons (Fsp3) is 0.391. The number of ether oxygens (including phenoxy) is 1. The lowest BCUT2D eigenvalue weighted by Gasteiger charge is -2.70. The van der Waals surface area contributed by atoms with Gasteiger partial charge in [0.1, 0.15) is 6.61 Å². The third-order valence-corrected chi connectivity index (χ3v) is 6.25. The lowest BCUT2D eigenvalue weighted by atomic mass is 9.60. The van der Waals surface area contributed by atoms with E-state index in [1.165, 1.54) is 7.11 Å². The van der Waals surface area contributed by atoms with E-state index >= 15 is 0 Å². The van der Waals surface area contributed by atoms with Crippen LogP contribution in [0.25, 0.3) is 11.1 Å². The summed E-state index contributed by atoms with van der Waals surface area (Å²) in [5, 5.41) is 10.0. The van der Waals surface area contributed by atoms with E-state index in [2.05, 4.69) is 36.4 Å². The van der Waals surface area contributed by atoms with Crippen molar-refractivity contribution in [3.8, 4) is 11.1 Å². The van der Waals surface area contributed by atoms with Crippen LogP contribution in [0.2, 0.25) is 0 Å². The Labute approximate surface area is 170 Å². The second-order valence-corrected chi connectivity index (χ2v) is 7.89. The van der Waals surface area contributed by atoms with Gasteiger partial charge in [-0.15, -0.1) is 0 Å². The molecule has 2 aromatic rings. The smallest absolute Gasteiger partial charge is 0.249 e. The molecule has 2 aliphatic heterocycles. The van der Waals surface area contributed by atoms with Crippen molar-refractivity contribution >= 4 is 11.8 Å². The summed E-state index contributed by atoms with van der Waals surface area (Å²) in [6.45, 7) is 2.36. The Balaban J connectivity index is 1.64. The van der Waals surface area contributed by atoms with E-state index in [0.717, 1.165) is 16.7 Å². The highest BCUT2D eigenvalue weighted by atomic mass is 16.5. The average Bonchev–Trinajstić information content (AvgIpc) is 2.67. The van der Waals surface area contributed by atoms with Crippen LogP contribution in [0.3, 0.4) is 0 Å². The number of likely N-dealkylation sites (tertiary alicyclic amines) is 2. The second kappa shape index (κ2) is 7.61. The van der Waals surface area contributed by atoms with Crippen molar-refractivity contribution < 1.29 is 19.4 Å². The zero-order valence-corrected chi connectivity index (χ0v) is 16.7. The minimum Gasteiger partial charge on any atom is -0.394 e. The van der Waals surface area contributed by atoms with Gasteiger partial charge in [-0.25, -0.2) is 0 Å². The van der Waals surface area contributed by atoms with E-state index in [9.17, 15) is 14.7 Å². The number of carbonyl (C=O) groups is 2. The summed E-state index contributed by atoms with van der Waals surface area (Å²) in [7, 11) is 1.49. The highest BCUT2D eigenvalue weighted by Gasteiger charge is 2.67. The fourth-order valence-corrected chi connectivity index (χ4v) is 4.95. The first-order valence-corrected chi connectivity index (χ1v) is 9.84. The van der Waals surface area contributed by atoms with Crippen LogP contribution in [-0.4, -0.2) is 71.7 Å². The van der Waals surface area contributed by atoms with Crippen LogP contribution >= 0.6 is 0 Å². The molecule has 2 heterocycles. The van der Waals surface area contributed by atoms with Crippen LogP contribution in [0.5, 0.6) is 0 Å². The number of rotatable bonds is 5. The van der Waals surface area contributed by atoms with E-state index in [-0.39, 0.29) is 37.0 Å². The van der Waals surface area contributed by atoms with Gasteiger partial charge in [-0.1, -0.05) is 54.6 Å². The van der Waals surface area contributed by atoms with Crippen molar-refractivity contribution in [1.29, 1.82) is 0 Å². The molecular formula is C23H26N2O4. The normalized spacial score (nSPS) is 22.2. The molecule has 2 saturated heterocycles. The van der Waals surface area contributed by atoms with Crippen molar-refractivity contribution in [3.63, 3.8) is 0 Å². The Hall–Kier alpha value is -2.70. The number of nitrogens with zero attached hydrogens (tertiary/aromatic N) is 2. The Kier molecular flexibility index (Phi) is 5.15. The van der Waals surface area contributed by atoms with Crippen molar-refractivity contribution in [3.05, 3.63) is 60.2 Å². The van der Waals surface area contributed by atoms with Crippen molar-refractivity contribution in [2.24, 2.45) is 0 Å². The van der Waals surface area contributed by atoms with Gasteiger partial charge in [-0.2, -0.15) is 0 Å². The molecule has 0 unspecified atom stereocenters. The third-order valence-electron chi connectivity index (χ3n) is 6.25. The van der Waals surface area contributed by atoms with Gasteiger partial charge in [0.2, 0.25) is 11.8 Å². The summed E-state index contributed by atoms with van der Waals surface area (Å²) >= 11 is 0. The Morgan fingerprint density at radius 1 is 1.07 bits per heavy atom. The minimum atomic E-state index is -0.469.